The van der Waals surface area contributed by atoms with Gasteiger partial charge in [-0.3, -0.25) is 4.90 Å². The lowest BCUT2D eigenvalue weighted by Gasteiger charge is -2.45. The molecule has 1 atom stereocenters. The van der Waals surface area contributed by atoms with E-state index in [0.717, 1.165) is 24.1 Å². The van der Waals surface area contributed by atoms with E-state index in [1.807, 2.05) is 0 Å². The molecule has 0 saturated carbocycles. The van der Waals surface area contributed by atoms with Crippen LogP contribution in [0.15, 0.2) is 12.1 Å². The fourth-order valence-corrected chi connectivity index (χ4v) is 6.48. The number of piperidine rings is 1. The highest BCUT2D eigenvalue weighted by Gasteiger charge is 2.35. The molecular weight excluding hydrogens is 332 g/mol. The quantitative estimate of drug-likeness (QED) is 0.757. The van der Waals surface area contributed by atoms with Crippen LogP contribution in [-0.2, 0) is 0 Å². The molecule has 3 aliphatic heterocycles. The average molecular weight is 363 g/mol. The van der Waals surface area contributed by atoms with Crippen molar-refractivity contribution in [2.75, 3.05) is 50.1 Å². The number of halogens is 1. The Labute approximate surface area is 152 Å². The van der Waals surface area contributed by atoms with Crippen LogP contribution >= 0.6 is 7.92 Å². The van der Waals surface area contributed by atoms with Gasteiger partial charge in [0.1, 0.15) is 11.5 Å². The summed E-state index contributed by atoms with van der Waals surface area (Å²) in [5, 5.41) is 0. The zero-order valence-electron chi connectivity index (χ0n) is 15.8. The maximum Gasteiger partial charge on any atom is 0.129 e. The van der Waals surface area contributed by atoms with Crippen molar-refractivity contribution in [2.45, 2.75) is 50.7 Å². The van der Waals surface area contributed by atoms with Gasteiger partial charge in [-0.2, -0.15) is 0 Å². The molecule has 0 amide bonds. The van der Waals surface area contributed by atoms with Crippen LogP contribution in [0.5, 0.6) is 0 Å². The number of hydrogen-bond acceptors (Lipinski definition) is 3. The second-order valence-electron chi connectivity index (χ2n) is 8.67. The van der Waals surface area contributed by atoms with Gasteiger partial charge in [-0.1, -0.05) is 0 Å². The predicted molar refractivity (Wildman–Crippen MR) is 105 cm³/mol. The van der Waals surface area contributed by atoms with Crippen LogP contribution in [-0.4, -0.2) is 66.8 Å². The van der Waals surface area contributed by atoms with Gasteiger partial charge >= 0.3 is 0 Å². The summed E-state index contributed by atoms with van der Waals surface area (Å²) >= 11 is 0. The summed E-state index contributed by atoms with van der Waals surface area (Å²) in [6, 6.07) is 5.37. The number of hydrogen-bond donors (Lipinski definition) is 0. The number of aromatic nitrogens is 1. The summed E-state index contributed by atoms with van der Waals surface area (Å²) < 4.78 is 14.2. The maximum atomic E-state index is 14.2. The predicted octanol–water partition coefficient (Wildman–Crippen LogP) is 4.00. The molecule has 0 N–H and O–H groups in total. The normalized spacial score (nSPS) is 34.3. The molecular formula is C20H31FN3P. The summed E-state index contributed by atoms with van der Waals surface area (Å²) in [6.07, 6.45) is 6.02. The Morgan fingerprint density at radius 3 is 2.52 bits per heavy atom. The van der Waals surface area contributed by atoms with E-state index in [9.17, 15) is 4.39 Å². The molecule has 0 aliphatic carbocycles. The number of anilines is 1. The third-order valence-electron chi connectivity index (χ3n) is 6.27. The third kappa shape index (κ3) is 3.85. The average Bonchev–Trinajstić information content (AvgIpc) is 2.92. The Balaban J connectivity index is 1.43. The van der Waals surface area contributed by atoms with Gasteiger partial charge in [0.05, 0.1) is 6.54 Å². The maximum absolute atomic E-state index is 14.2. The number of nitrogens with zero attached hydrogens (tertiary/aromatic N) is 3. The minimum atomic E-state index is -1.07. The van der Waals surface area contributed by atoms with Crippen LogP contribution in [0.25, 0.3) is 0 Å². The first-order chi connectivity index (χ1) is 11.9. The van der Waals surface area contributed by atoms with Crippen molar-refractivity contribution in [1.29, 1.82) is 0 Å². The first kappa shape index (κ1) is 17.7. The molecule has 1 aromatic rings. The Hall–Kier alpha value is -0.730. The van der Waals surface area contributed by atoms with Gasteiger partial charge in [0, 0.05) is 24.7 Å². The van der Waals surface area contributed by atoms with E-state index in [4.69, 9.17) is 4.98 Å². The minimum absolute atomic E-state index is 0.355. The van der Waals surface area contributed by atoms with Gasteiger partial charge < -0.3 is 4.90 Å². The highest BCUT2D eigenvalue weighted by atomic mass is 31.1. The van der Waals surface area contributed by atoms with E-state index in [-0.39, 0.29) is 0 Å². The van der Waals surface area contributed by atoms with Crippen molar-refractivity contribution in [3.05, 3.63) is 23.4 Å². The largest absolute Gasteiger partial charge is 0.353 e. The lowest BCUT2D eigenvalue weighted by Crippen LogP contribution is -2.48. The van der Waals surface area contributed by atoms with Crippen molar-refractivity contribution in [1.82, 2.24) is 9.88 Å². The van der Waals surface area contributed by atoms with E-state index >= 15 is 0 Å². The number of aryl methyl sites for hydroxylation is 1. The molecule has 138 valence electrons. The van der Waals surface area contributed by atoms with Crippen LogP contribution in [0.2, 0.25) is 0 Å². The van der Waals surface area contributed by atoms with Gasteiger partial charge in [-0.15, -0.1) is 7.92 Å². The molecule has 3 fully saturated rings. The molecule has 3 nitrogen and oxygen atoms in total. The molecule has 5 heteroatoms. The molecule has 1 aromatic heterocycles. The standard InChI is InChI=1S/C20H31FN3P/c1-15-10-17(11-19(22-15)24-9-6-20(2,21)14-24)16-4-7-23(8-5-16)18-12-25(3)13-18/h10-11,16,18H,4-9,12-14H2,1-3H3. The van der Waals surface area contributed by atoms with Gasteiger partial charge in [0.25, 0.3) is 0 Å². The molecule has 3 aliphatic rings. The van der Waals surface area contributed by atoms with Crippen molar-refractivity contribution in [2.24, 2.45) is 0 Å². The highest BCUT2D eigenvalue weighted by Crippen LogP contribution is 2.45. The SMILES string of the molecule is Cc1cc(C2CCN(C3CP(C)C3)CC2)cc(N2CCC(C)(F)C2)n1. The van der Waals surface area contributed by atoms with Crippen molar-refractivity contribution in [3.63, 3.8) is 0 Å². The molecule has 0 bridgehead atoms. The van der Waals surface area contributed by atoms with E-state index in [1.54, 1.807) is 6.92 Å². The fourth-order valence-electron chi connectivity index (χ4n) is 4.69. The summed E-state index contributed by atoms with van der Waals surface area (Å²) in [5.74, 6) is 1.62. The van der Waals surface area contributed by atoms with Crippen molar-refractivity contribution < 1.29 is 4.39 Å². The van der Waals surface area contributed by atoms with Crippen LogP contribution in [0.3, 0.4) is 0 Å². The fraction of sp³-hybridized carbons (Fsp3) is 0.750. The zero-order chi connectivity index (χ0) is 17.6. The zero-order valence-corrected chi connectivity index (χ0v) is 16.7. The van der Waals surface area contributed by atoms with Gasteiger partial charge in [0.2, 0.25) is 0 Å². The van der Waals surface area contributed by atoms with Crippen LogP contribution in [0.4, 0.5) is 10.2 Å². The monoisotopic (exact) mass is 363 g/mol. The Kier molecular flexibility index (Phi) is 4.79. The second kappa shape index (κ2) is 6.78. The molecule has 3 saturated heterocycles. The van der Waals surface area contributed by atoms with E-state index in [2.05, 4.69) is 35.5 Å². The summed E-state index contributed by atoms with van der Waals surface area (Å²) in [5.41, 5.74) is 1.41. The van der Waals surface area contributed by atoms with Gasteiger partial charge in [-0.25, -0.2) is 9.37 Å². The molecule has 0 radical (unpaired) electrons. The lowest BCUT2D eigenvalue weighted by atomic mass is 9.89. The molecule has 4 heterocycles. The number of rotatable bonds is 3. The van der Waals surface area contributed by atoms with Crippen LogP contribution < -0.4 is 4.90 Å². The van der Waals surface area contributed by atoms with Gasteiger partial charge in [0.15, 0.2) is 0 Å². The number of pyridine rings is 1. The first-order valence-corrected chi connectivity index (χ1v) is 11.9. The Morgan fingerprint density at radius 2 is 1.92 bits per heavy atom. The highest BCUT2D eigenvalue weighted by molar-refractivity contribution is 7.58. The number of alkyl halides is 1. The first-order valence-electron chi connectivity index (χ1n) is 9.75. The summed E-state index contributed by atoms with van der Waals surface area (Å²) in [4.78, 5) is 9.55. The number of likely N-dealkylation sites (tertiary alicyclic amines) is 1. The molecule has 25 heavy (non-hydrogen) atoms. The third-order valence-corrected chi connectivity index (χ3v) is 8.36. The lowest BCUT2D eigenvalue weighted by molar-refractivity contribution is 0.168. The summed E-state index contributed by atoms with van der Waals surface area (Å²) in [6.45, 7) is 9.95. The topological polar surface area (TPSA) is 19.4 Å². The van der Waals surface area contributed by atoms with E-state index in [0.29, 0.717) is 26.8 Å². The Bertz CT molecular complexity index is 621. The Morgan fingerprint density at radius 1 is 1.20 bits per heavy atom. The second-order valence-corrected chi connectivity index (χ2v) is 11.1. The van der Waals surface area contributed by atoms with E-state index < -0.39 is 5.67 Å². The molecule has 4 rings (SSSR count). The van der Waals surface area contributed by atoms with Crippen LogP contribution in [0, 0.1) is 6.92 Å². The molecule has 0 aromatic carbocycles. The molecule has 0 spiro atoms. The molecule has 1 unspecified atom stereocenters. The van der Waals surface area contributed by atoms with Gasteiger partial charge in [-0.05, 0) is 82.4 Å². The van der Waals surface area contributed by atoms with Crippen molar-refractivity contribution >= 4 is 13.7 Å². The smallest absolute Gasteiger partial charge is 0.129 e. The summed E-state index contributed by atoms with van der Waals surface area (Å²) in [7, 11) is 0.355. The van der Waals surface area contributed by atoms with Crippen LogP contribution in [0.1, 0.15) is 43.4 Å². The van der Waals surface area contributed by atoms with E-state index in [1.165, 1.54) is 43.8 Å². The van der Waals surface area contributed by atoms with Crippen molar-refractivity contribution in [3.8, 4) is 0 Å². The minimum Gasteiger partial charge on any atom is -0.353 e.